The van der Waals surface area contributed by atoms with Crippen LogP contribution in [0.2, 0.25) is 0 Å². The molecule has 1 atom stereocenters. The minimum Gasteiger partial charge on any atom is -0.780 e. The second-order valence-corrected chi connectivity index (χ2v) is 8.82. The van der Waals surface area contributed by atoms with Gasteiger partial charge in [-0.3, -0.25) is 0 Å². The Labute approximate surface area is 154 Å². The van der Waals surface area contributed by atoms with Crippen LogP contribution in [0.5, 0.6) is 0 Å². The van der Waals surface area contributed by atoms with Crippen molar-refractivity contribution in [3.63, 3.8) is 0 Å². The minimum absolute atomic E-state index is 0. The van der Waals surface area contributed by atoms with E-state index in [0.29, 0.717) is 6.61 Å². The maximum atomic E-state index is 10.7. The van der Waals surface area contributed by atoms with Crippen LogP contribution in [0, 0.1) is 0 Å². The molecule has 24 heavy (non-hydrogen) atoms. The zero-order valence-corrected chi connectivity index (χ0v) is 17.6. The summed E-state index contributed by atoms with van der Waals surface area (Å²) in [5, 5.41) is 0. The quantitative estimate of drug-likeness (QED) is 0.184. The lowest BCUT2D eigenvalue weighted by Gasteiger charge is -2.19. The molecular weight excluding hydrogens is 341 g/mol. The highest BCUT2D eigenvalue weighted by molar-refractivity contribution is 8.06. The van der Waals surface area contributed by atoms with Crippen molar-refractivity contribution in [2.45, 2.75) is 96.8 Å². The molecule has 146 valence electrons. The number of allylic oxidation sites excluding steroid dienone is 2. The molecule has 0 rings (SSSR count). The fourth-order valence-electron chi connectivity index (χ4n) is 2.53. The smallest absolute Gasteiger partial charge is 0.112 e. The predicted molar refractivity (Wildman–Crippen MR) is 108 cm³/mol. The van der Waals surface area contributed by atoms with E-state index in [1.54, 1.807) is 0 Å². The first-order valence-corrected chi connectivity index (χ1v) is 12.0. The van der Waals surface area contributed by atoms with E-state index in [9.17, 15) is 4.89 Å². The SMILES string of the molecule is CCCCCCCC/C=C/CCCCCCCCOP([O-])(O)=S.[NH4+]. The second kappa shape index (κ2) is 19.6. The van der Waals surface area contributed by atoms with Crippen molar-refractivity contribution in [3.05, 3.63) is 12.2 Å². The molecule has 0 aromatic carbocycles. The van der Waals surface area contributed by atoms with Crippen molar-refractivity contribution in [2.75, 3.05) is 6.61 Å². The molecule has 1 unspecified atom stereocenters. The summed E-state index contributed by atoms with van der Waals surface area (Å²) in [5.41, 5.74) is 0. The van der Waals surface area contributed by atoms with Crippen molar-refractivity contribution < 1.29 is 14.3 Å². The maximum Gasteiger partial charge on any atom is 0.112 e. The normalized spacial score (nSPS) is 13.8. The Morgan fingerprint density at radius 1 is 0.833 bits per heavy atom. The van der Waals surface area contributed by atoms with Gasteiger partial charge in [-0.2, -0.15) is 0 Å². The van der Waals surface area contributed by atoms with Crippen LogP contribution in [-0.4, -0.2) is 11.5 Å². The van der Waals surface area contributed by atoms with Gasteiger partial charge in [0.05, 0.1) is 6.61 Å². The van der Waals surface area contributed by atoms with Crippen LogP contribution in [0.4, 0.5) is 0 Å². The summed E-state index contributed by atoms with van der Waals surface area (Å²) in [7, 11) is 0. The first-order valence-electron chi connectivity index (χ1n) is 9.39. The van der Waals surface area contributed by atoms with Crippen LogP contribution >= 0.6 is 6.72 Å². The van der Waals surface area contributed by atoms with Crippen LogP contribution in [0.15, 0.2) is 12.2 Å². The summed E-state index contributed by atoms with van der Waals surface area (Å²) in [5.74, 6) is 0. The van der Waals surface area contributed by atoms with Crippen molar-refractivity contribution in [1.82, 2.24) is 6.15 Å². The third kappa shape index (κ3) is 24.5. The first kappa shape index (κ1) is 26.5. The van der Waals surface area contributed by atoms with Gasteiger partial charge in [-0.05, 0) is 32.1 Å². The molecule has 0 heterocycles. The van der Waals surface area contributed by atoms with Gasteiger partial charge in [0.2, 0.25) is 0 Å². The van der Waals surface area contributed by atoms with E-state index < -0.39 is 6.72 Å². The van der Waals surface area contributed by atoms with Crippen LogP contribution in [0.1, 0.15) is 96.8 Å². The van der Waals surface area contributed by atoms with Gasteiger partial charge >= 0.3 is 0 Å². The molecule has 0 saturated carbocycles. The van der Waals surface area contributed by atoms with Crippen molar-refractivity contribution >= 4 is 18.5 Å². The predicted octanol–water partition coefficient (Wildman–Crippen LogP) is 5.99. The molecule has 0 aromatic heterocycles. The molecular formula is C18H40NO3PS. The van der Waals surface area contributed by atoms with Gasteiger partial charge in [0.1, 0.15) is 6.72 Å². The lowest BCUT2D eigenvalue weighted by molar-refractivity contribution is -0.201. The first-order chi connectivity index (χ1) is 11.1. The van der Waals surface area contributed by atoms with E-state index >= 15 is 0 Å². The fourth-order valence-corrected chi connectivity index (χ4v) is 3.11. The Balaban J connectivity index is 0. The molecule has 0 aliphatic carbocycles. The van der Waals surface area contributed by atoms with Gasteiger partial charge in [0.15, 0.2) is 0 Å². The number of unbranched alkanes of at least 4 members (excludes halogenated alkanes) is 12. The van der Waals surface area contributed by atoms with E-state index in [-0.39, 0.29) is 6.15 Å². The number of hydrogen-bond donors (Lipinski definition) is 2. The monoisotopic (exact) mass is 381 g/mol. The lowest BCUT2D eigenvalue weighted by atomic mass is 10.1. The largest absolute Gasteiger partial charge is 0.780 e. The highest BCUT2D eigenvalue weighted by Crippen LogP contribution is 2.30. The highest BCUT2D eigenvalue weighted by Gasteiger charge is 1.96. The highest BCUT2D eigenvalue weighted by atomic mass is 32.5. The Hall–Kier alpha value is 0.230. The molecule has 0 bridgehead atoms. The van der Waals surface area contributed by atoms with Gasteiger partial charge in [0.25, 0.3) is 0 Å². The summed E-state index contributed by atoms with van der Waals surface area (Å²) in [6, 6.07) is 0. The molecule has 5 N–H and O–H groups in total. The van der Waals surface area contributed by atoms with Crippen LogP contribution in [0.3, 0.4) is 0 Å². The second-order valence-electron chi connectivity index (χ2n) is 6.24. The zero-order chi connectivity index (χ0) is 17.2. The van der Waals surface area contributed by atoms with E-state index in [4.69, 9.17) is 4.89 Å². The van der Waals surface area contributed by atoms with Crippen molar-refractivity contribution in [2.24, 2.45) is 0 Å². The molecule has 0 radical (unpaired) electrons. The van der Waals surface area contributed by atoms with Crippen LogP contribution < -0.4 is 11.0 Å². The summed E-state index contributed by atoms with van der Waals surface area (Å²) >= 11 is 4.28. The minimum atomic E-state index is -3.68. The summed E-state index contributed by atoms with van der Waals surface area (Å²) in [6.07, 6.45) is 22.1. The molecule has 6 heteroatoms. The van der Waals surface area contributed by atoms with Gasteiger partial charge in [0, 0.05) is 0 Å². The molecule has 0 saturated heterocycles. The Morgan fingerprint density at radius 3 is 1.71 bits per heavy atom. The number of rotatable bonds is 17. The fraction of sp³-hybridized carbons (Fsp3) is 0.889. The molecule has 0 aromatic rings. The molecule has 0 spiro atoms. The van der Waals surface area contributed by atoms with E-state index in [0.717, 1.165) is 19.3 Å². The van der Waals surface area contributed by atoms with Crippen LogP contribution in [0.25, 0.3) is 0 Å². The van der Waals surface area contributed by atoms with E-state index in [1.807, 2.05) is 0 Å². The van der Waals surface area contributed by atoms with Gasteiger partial charge in [-0.1, -0.05) is 88.7 Å². The third-order valence-corrected chi connectivity index (χ3v) is 4.74. The molecule has 0 aliphatic heterocycles. The summed E-state index contributed by atoms with van der Waals surface area (Å²) in [4.78, 5) is 19.5. The zero-order valence-electron chi connectivity index (χ0n) is 15.9. The third-order valence-electron chi connectivity index (χ3n) is 3.91. The number of quaternary nitrogens is 1. The molecule has 4 nitrogen and oxygen atoms in total. The van der Waals surface area contributed by atoms with Crippen molar-refractivity contribution in [3.8, 4) is 0 Å². The van der Waals surface area contributed by atoms with E-state index in [2.05, 4.69) is 35.4 Å². The van der Waals surface area contributed by atoms with Gasteiger partial charge < -0.3 is 20.5 Å². The van der Waals surface area contributed by atoms with Gasteiger partial charge in [-0.25, -0.2) is 0 Å². The average molecular weight is 382 g/mol. The molecule has 0 amide bonds. The van der Waals surface area contributed by atoms with Gasteiger partial charge in [-0.15, -0.1) is 0 Å². The Kier molecular flexibility index (Phi) is 21.6. The Morgan fingerprint density at radius 2 is 1.25 bits per heavy atom. The van der Waals surface area contributed by atoms with Crippen LogP contribution in [-0.2, 0) is 16.3 Å². The van der Waals surface area contributed by atoms with E-state index in [1.165, 1.54) is 70.6 Å². The van der Waals surface area contributed by atoms with Crippen molar-refractivity contribution in [1.29, 1.82) is 0 Å². The lowest BCUT2D eigenvalue weighted by Crippen LogP contribution is -2.03. The maximum absolute atomic E-state index is 10.7. The summed E-state index contributed by atoms with van der Waals surface area (Å²) < 4.78 is 4.67. The topological polar surface area (TPSA) is 89.0 Å². The Bertz CT molecular complexity index is 321. The standard InChI is InChI=1S/C18H37O3PS.H3N/c1-2-3-4-5-6-7-8-9-10-11-12-13-14-15-16-17-18-21-22(19,20)23;/h9-10H,2-8,11-18H2,1H3,(H2,19,20,23);1H3/b10-9+;. The molecule has 0 fully saturated rings. The average Bonchev–Trinajstić information content (AvgIpc) is 2.49. The number of hydrogen-bond acceptors (Lipinski definition) is 3. The molecule has 0 aliphatic rings. The summed E-state index contributed by atoms with van der Waals surface area (Å²) in [6.45, 7) is -1.12.